The van der Waals surface area contributed by atoms with Gasteiger partial charge in [-0.15, -0.1) is 0 Å². The molecule has 2 heterocycles. The van der Waals surface area contributed by atoms with E-state index in [1.54, 1.807) is 0 Å². The molecule has 0 amide bonds. The summed E-state index contributed by atoms with van der Waals surface area (Å²) in [5.74, 6) is 0. The first-order valence-corrected chi connectivity index (χ1v) is 7.63. The number of fused-ring (bicyclic) bond motifs is 3. The van der Waals surface area contributed by atoms with E-state index in [0.29, 0.717) is 0 Å². The van der Waals surface area contributed by atoms with Crippen molar-refractivity contribution in [3.63, 3.8) is 0 Å². The number of aromatic amines is 1. The number of aromatic nitrogens is 2. The Bertz CT molecular complexity index is 735. The van der Waals surface area contributed by atoms with Crippen LogP contribution in [0, 0.1) is 0 Å². The molecule has 3 aromatic rings. The Morgan fingerprint density at radius 1 is 0.810 bits per heavy atom. The van der Waals surface area contributed by atoms with Crippen LogP contribution in [0.15, 0.2) is 48.8 Å². The van der Waals surface area contributed by atoms with Crippen LogP contribution in [0.2, 0.25) is 0 Å². The molecule has 0 aliphatic carbocycles. The van der Waals surface area contributed by atoms with E-state index in [-0.39, 0.29) is 0 Å². The maximum atomic E-state index is 9.87. The quantitative estimate of drug-likeness (QED) is 0.301. The minimum absolute atomic E-state index is 1.03. The van der Waals surface area contributed by atoms with Gasteiger partial charge in [0.2, 0.25) is 5.52 Å². The van der Waals surface area contributed by atoms with E-state index in [2.05, 4.69) is 34.2 Å². The monoisotopic (exact) mass is 326 g/mol. The summed E-state index contributed by atoms with van der Waals surface area (Å²) >= 11 is 0. The van der Waals surface area contributed by atoms with Gasteiger partial charge in [0.15, 0.2) is 6.20 Å². The zero-order valence-corrected chi connectivity index (χ0v) is 11.2. The van der Waals surface area contributed by atoms with Crippen molar-refractivity contribution in [2.45, 2.75) is 0 Å². The number of halogens is 6. The molecule has 0 spiro atoms. The van der Waals surface area contributed by atoms with Gasteiger partial charge in [0.1, 0.15) is 5.52 Å². The van der Waals surface area contributed by atoms with Crippen LogP contribution in [0.5, 0.6) is 0 Å². The Kier molecular flexibility index (Phi) is 3.14. The Morgan fingerprint density at radius 2 is 1.38 bits per heavy atom. The molecule has 1 aromatic carbocycles. The molecule has 21 heavy (non-hydrogen) atoms. The van der Waals surface area contributed by atoms with Crippen molar-refractivity contribution >= 4 is 29.6 Å². The molecule has 114 valence electrons. The minimum Gasteiger partial charge on any atom is -0.249 e. The average molecular weight is 326 g/mol. The molecule has 9 heteroatoms. The van der Waals surface area contributed by atoms with Crippen molar-refractivity contribution in [3.8, 4) is 0 Å². The maximum absolute atomic E-state index is 10.7. The summed E-state index contributed by atoms with van der Waals surface area (Å²) in [6.07, 6.45) is 3.75. The molecule has 0 fully saturated rings. The number of benzene rings is 1. The average Bonchev–Trinajstić information content (AvgIpc) is 2.35. The van der Waals surface area contributed by atoms with E-state index in [9.17, 15) is 25.2 Å². The Labute approximate surface area is 114 Å². The van der Waals surface area contributed by atoms with E-state index >= 15 is 0 Å². The molecule has 0 saturated heterocycles. The molecule has 2 aromatic heterocycles. The Hall–Kier alpha value is -1.95. The second-order valence-corrected chi connectivity index (χ2v) is 6.15. The summed E-state index contributed by atoms with van der Waals surface area (Å²) < 4.78 is 59.2. The summed E-state index contributed by atoms with van der Waals surface area (Å²) in [4.78, 5) is 7.61. The number of rotatable bonds is 0. The number of nitrogens with zero attached hydrogens (tertiary/aromatic N) is 1. The van der Waals surface area contributed by atoms with Crippen molar-refractivity contribution in [1.29, 1.82) is 0 Å². The van der Waals surface area contributed by atoms with Gasteiger partial charge in [-0.05, 0) is 18.2 Å². The van der Waals surface area contributed by atoms with Gasteiger partial charge in [-0.1, -0.05) is 12.1 Å². The smallest absolute Gasteiger partial charge is 0.237 e. The first-order chi connectivity index (χ1) is 9.40. The van der Waals surface area contributed by atoms with Crippen LogP contribution in [-0.2, 0) is 0 Å². The summed E-state index contributed by atoms with van der Waals surface area (Å²) in [5, 5.41) is 2.36. The number of H-pyrrole nitrogens is 1. The van der Waals surface area contributed by atoms with Gasteiger partial charge in [-0.2, -0.15) is 0 Å². The maximum Gasteiger partial charge on any atom is 0.237 e. The molecule has 0 atom stereocenters. The number of nitrogens with one attached hydrogen (secondary N) is 1. The molecule has 2 nitrogen and oxygen atoms in total. The fourth-order valence-corrected chi connectivity index (χ4v) is 1.73. The minimum atomic E-state index is -10.7. The molecule has 0 radical (unpaired) electrons. The summed E-state index contributed by atoms with van der Waals surface area (Å²) in [6.45, 7) is 0. The van der Waals surface area contributed by atoms with Crippen molar-refractivity contribution < 1.29 is 30.2 Å². The second-order valence-electron chi connectivity index (χ2n) is 4.23. The van der Waals surface area contributed by atoms with Crippen LogP contribution in [0.4, 0.5) is 25.2 Å². The zero-order valence-electron chi connectivity index (χ0n) is 10.3. The van der Waals surface area contributed by atoms with Gasteiger partial charge in [-0.3, -0.25) is 0 Å². The van der Waals surface area contributed by atoms with Gasteiger partial charge < -0.3 is 0 Å². The fourth-order valence-electron chi connectivity index (χ4n) is 1.73. The first-order valence-electron chi connectivity index (χ1n) is 5.61. The molecule has 0 bridgehead atoms. The third-order valence-electron chi connectivity index (χ3n) is 2.41. The summed E-state index contributed by atoms with van der Waals surface area (Å²) in [6, 6.07) is 12.3. The predicted molar refractivity (Wildman–Crippen MR) is 69.4 cm³/mol. The molecule has 0 aliphatic heterocycles. The summed E-state index contributed by atoms with van der Waals surface area (Å²) in [7, 11) is -10.7. The third-order valence-corrected chi connectivity index (χ3v) is 2.41. The first kappa shape index (κ1) is 15.4. The Morgan fingerprint density at radius 3 is 2.05 bits per heavy atom. The number of pyridine rings is 2. The van der Waals surface area contributed by atoms with Gasteiger partial charge in [0.25, 0.3) is 0 Å². The number of hydrogen-bond acceptors (Lipinski definition) is 1. The van der Waals surface area contributed by atoms with Crippen molar-refractivity contribution in [1.82, 2.24) is 4.98 Å². The topological polar surface area (TPSA) is 27.0 Å². The van der Waals surface area contributed by atoms with Crippen LogP contribution in [0.25, 0.3) is 21.8 Å². The summed E-state index contributed by atoms with van der Waals surface area (Å²) in [5.41, 5.74) is 2.14. The molecular weight excluding hydrogens is 317 g/mol. The van der Waals surface area contributed by atoms with Crippen molar-refractivity contribution in [2.24, 2.45) is 0 Å². The molecule has 0 aliphatic rings. The van der Waals surface area contributed by atoms with E-state index in [1.807, 2.05) is 24.5 Å². The molecule has 3 rings (SSSR count). The third kappa shape index (κ3) is 5.51. The molecule has 0 unspecified atom stereocenters. The SMILES string of the molecule is F[P-](F)(F)(F)(F)F.c1cnc2c(c1)ccc1ccc[nH+]c12. The van der Waals surface area contributed by atoms with Gasteiger partial charge in [-0.25, -0.2) is 9.97 Å². The zero-order chi connectivity index (χ0) is 15.8. The molecule has 0 saturated carbocycles. The van der Waals surface area contributed by atoms with E-state index < -0.39 is 7.81 Å². The van der Waals surface area contributed by atoms with Crippen molar-refractivity contribution in [3.05, 3.63) is 48.8 Å². The van der Waals surface area contributed by atoms with E-state index in [4.69, 9.17) is 0 Å². The number of hydrogen-bond donors (Lipinski definition) is 0. The van der Waals surface area contributed by atoms with Crippen LogP contribution in [-0.4, -0.2) is 4.98 Å². The van der Waals surface area contributed by atoms with Gasteiger partial charge >= 0.3 is 33.0 Å². The molecule has 1 N–H and O–H groups in total. The Balaban J connectivity index is 0.000000199. The second kappa shape index (κ2) is 4.27. The normalized spacial score (nSPS) is 15.0. The van der Waals surface area contributed by atoms with Crippen molar-refractivity contribution in [2.75, 3.05) is 0 Å². The largest absolute Gasteiger partial charge is 0.249 e. The standard InChI is InChI=1S/C12H8N2.F6P/c1-3-9-5-6-10-4-2-8-14-12(10)11(9)13-7-1;1-7(2,3,4,5)6/h1-8H;/q;-1/p+1. The van der Waals surface area contributed by atoms with Gasteiger partial charge in [0.05, 0.1) is 0 Å². The van der Waals surface area contributed by atoms with Crippen LogP contribution in [0.1, 0.15) is 0 Å². The molecular formula is C12H9F6N2P. The van der Waals surface area contributed by atoms with Crippen LogP contribution >= 0.6 is 7.81 Å². The van der Waals surface area contributed by atoms with E-state index in [0.717, 1.165) is 11.0 Å². The fraction of sp³-hybridized carbons (Fsp3) is 0. The van der Waals surface area contributed by atoms with Gasteiger partial charge in [0, 0.05) is 23.0 Å². The van der Waals surface area contributed by atoms with E-state index in [1.165, 1.54) is 10.8 Å². The van der Waals surface area contributed by atoms with Crippen LogP contribution in [0.3, 0.4) is 0 Å². The predicted octanol–water partition coefficient (Wildman–Crippen LogP) is 5.58. The van der Waals surface area contributed by atoms with Crippen LogP contribution < -0.4 is 4.98 Å².